The Morgan fingerprint density at radius 3 is 1.81 bits per heavy atom. The Kier molecular flexibility index (Phi) is 12.4. The fourth-order valence-corrected chi connectivity index (χ4v) is 2.41. The van der Waals surface area contributed by atoms with Crippen LogP contribution in [0.4, 0.5) is 0 Å². The first kappa shape index (κ1) is 27.7. The number of unbranched alkanes of at least 4 members (excludes halogenated alkanes) is 1. The number of hydrogen-bond acceptors (Lipinski definition) is 8. The van der Waals surface area contributed by atoms with E-state index in [0.29, 0.717) is 25.8 Å². The summed E-state index contributed by atoms with van der Waals surface area (Å²) in [5.74, 6) is -5.86. The summed E-state index contributed by atoms with van der Waals surface area (Å²) >= 11 is 0. The number of carboxylic acid groups (broad SMARTS) is 1. The smallest absolute Gasteiger partial charge is 0.326 e. The van der Waals surface area contributed by atoms with Crippen molar-refractivity contribution in [3.63, 3.8) is 0 Å². The molecule has 176 valence electrons. The van der Waals surface area contributed by atoms with Crippen LogP contribution in [0.25, 0.3) is 0 Å². The van der Waals surface area contributed by atoms with E-state index in [2.05, 4.69) is 16.0 Å². The first-order valence-electron chi connectivity index (χ1n) is 9.55. The van der Waals surface area contributed by atoms with Gasteiger partial charge in [0.1, 0.15) is 18.1 Å². The van der Waals surface area contributed by atoms with Gasteiger partial charge in [0.05, 0.1) is 18.9 Å². The van der Waals surface area contributed by atoms with Crippen LogP contribution < -0.4 is 38.9 Å². The van der Waals surface area contributed by atoms with Gasteiger partial charge >= 0.3 is 5.97 Å². The molecule has 0 aromatic heterocycles. The Bertz CT molecular complexity index is 686. The molecule has 0 heterocycles. The molecule has 0 aliphatic heterocycles. The predicted molar refractivity (Wildman–Crippen MR) is 108 cm³/mol. The Morgan fingerprint density at radius 2 is 1.32 bits per heavy atom. The SMILES string of the molecule is CC(NC(=O)C(CC(N)=O)NC(=O)C(N)CCCCN)C(=O)NC(CC(N)=O)C(=O)O. The molecule has 0 aliphatic carbocycles. The van der Waals surface area contributed by atoms with Gasteiger partial charge in [0.25, 0.3) is 0 Å². The van der Waals surface area contributed by atoms with Gasteiger partial charge in [-0.25, -0.2) is 4.79 Å². The highest BCUT2D eigenvalue weighted by Gasteiger charge is 2.29. The van der Waals surface area contributed by atoms with E-state index in [0.717, 1.165) is 0 Å². The molecule has 0 rings (SSSR count). The molecule has 0 aromatic rings. The van der Waals surface area contributed by atoms with Crippen molar-refractivity contribution in [1.82, 2.24) is 16.0 Å². The molecule has 0 spiro atoms. The largest absolute Gasteiger partial charge is 0.480 e. The molecule has 14 heteroatoms. The molecular weight excluding hydrogens is 414 g/mol. The molecular formula is C17H31N7O7. The maximum Gasteiger partial charge on any atom is 0.326 e. The molecule has 0 aliphatic rings. The third kappa shape index (κ3) is 11.5. The van der Waals surface area contributed by atoms with E-state index in [1.807, 2.05) is 0 Å². The van der Waals surface area contributed by atoms with Gasteiger partial charge in [-0.15, -0.1) is 0 Å². The van der Waals surface area contributed by atoms with E-state index in [9.17, 15) is 28.8 Å². The molecule has 0 radical (unpaired) electrons. The lowest BCUT2D eigenvalue weighted by Crippen LogP contribution is -2.57. The van der Waals surface area contributed by atoms with Gasteiger partial charge in [-0.2, -0.15) is 0 Å². The summed E-state index contributed by atoms with van der Waals surface area (Å²) in [4.78, 5) is 70.1. The first-order chi connectivity index (χ1) is 14.4. The van der Waals surface area contributed by atoms with Crippen molar-refractivity contribution in [2.24, 2.45) is 22.9 Å². The Balaban J connectivity index is 5.03. The van der Waals surface area contributed by atoms with Gasteiger partial charge in [-0.3, -0.25) is 24.0 Å². The zero-order valence-corrected chi connectivity index (χ0v) is 17.3. The molecule has 4 unspecified atom stereocenters. The second-order valence-corrected chi connectivity index (χ2v) is 6.92. The minimum absolute atomic E-state index is 0.309. The molecule has 5 amide bonds. The van der Waals surface area contributed by atoms with E-state index in [1.165, 1.54) is 6.92 Å². The summed E-state index contributed by atoms with van der Waals surface area (Å²) in [5, 5.41) is 15.6. The van der Waals surface area contributed by atoms with Crippen LogP contribution in [0.2, 0.25) is 0 Å². The average Bonchev–Trinajstić information content (AvgIpc) is 2.65. The van der Waals surface area contributed by atoms with Crippen molar-refractivity contribution in [2.45, 2.75) is 63.2 Å². The Labute approximate surface area is 178 Å². The number of primary amides is 2. The van der Waals surface area contributed by atoms with Gasteiger partial charge < -0.3 is 44.0 Å². The summed E-state index contributed by atoms with van der Waals surface area (Å²) in [6.45, 7) is 1.67. The molecule has 12 N–H and O–H groups in total. The third-order valence-electron chi connectivity index (χ3n) is 4.12. The van der Waals surface area contributed by atoms with Crippen LogP contribution >= 0.6 is 0 Å². The number of nitrogens with one attached hydrogen (secondary N) is 3. The Hall–Kier alpha value is -3.26. The van der Waals surface area contributed by atoms with Crippen LogP contribution in [0, 0.1) is 0 Å². The molecule has 0 saturated carbocycles. The Morgan fingerprint density at radius 1 is 0.806 bits per heavy atom. The van der Waals surface area contributed by atoms with E-state index in [4.69, 9.17) is 28.0 Å². The van der Waals surface area contributed by atoms with Crippen LogP contribution in [0.5, 0.6) is 0 Å². The van der Waals surface area contributed by atoms with Gasteiger partial charge in [-0.05, 0) is 26.3 Å². The van der Waals surface area contributed by atoms with E-state index >= 15 is 0 Å². The van der Waals surface area contributed by atoms with Crippen LogP contribution in [0.3, 0.4) is 0 Å². The quantitative estimate of drug-likeness (QED) is 0.113. The first-order valence-corrected chi connectivity index (χ1v) is 9.55. The van der Waals surface area contributed by atoms with Crippen LogP contribution in [0.1, 0.15) is 39.0 Å². The summed E-state index contributed by atoms with van der Waals surface area (Å²) < 4.78 is 0. The van der Waals surface area contributed by atoms with E-state index in [-0.39, 0.29) is 0 Å². The van der Waals surface area contributed by atoms with Crippen molar-refractivity contribution in [1.29, 1.82) is 0 Å². The summed E-state index contributed by atoms with van der Waals surface area (Å²) in [5.41, 5.74) is 21.2. The number of carboxylic acids is 1. The maximum atomic E-state index is 12.4. The van der Waals surface area contributed by atoms with Gasteiger partial charge in [0.15, 0.2) is 0 Å². The fraction of sp³-hybridized carbons (Fsp3) is 0.647. The van der Waals surface area contributed by atoms with Crippen LogP contribution in [-0.4, -0.2) is 71.3 Å². The van der Waals surface area contributed by atoms with Gasteiger partial charge in [0, 0.05) is 0 Å². The van der Waals surface area contributed by atoms with Crippen LogP contribution in [0.15, 0.2) is 0 Å². The molecule has 0 bridgehead atoms. The number of carbonyl (C=O) groups excluding carboxylic acids is 5. The number of amides is 5. The lowest BCUT2D eigenvalue weighted by Gasteiger charge is -2.22. The average molecular weight is 445 g/mol. The number of rotatable bonds is 15. The molecule has 14 nitrogen and oxygen atoms in total. The lowest BCUT2D eigenvalue weighted by atomic mass is 10.1. The highest BCUT2D eigenvalue weighted by Crippen LogP contribution is 2.01. The fourth-order valence-electron chi connectivity index (χ4n) is 2.41. The van der Waals surface area contributed by atoms with Crippen molar-refractivity contribution < 1.29 is 33.9 Å². The highest BCUT2D eigenvalue weighted by atomic mass is 16.4. The van der Waals surface area contributed by atoms with Gasteiger partial charge in [0.2, 0.25) is 29.5 Å². The number of nitrogens with two attached hydrogens (primary N) is 4. The normalized spacial score (nSPS) is 14.4. The summed E-state index contributed by atoms with van der Waals surface area (Å²) in [7, 11) is 0. The third-order valence-corrected chi connectivity index (χ3v) is 4.12. The lowest BCUT2D eigenvalue weighted by molar-refractivity contribution is -0.143. The summed E-state index contributed by atoms with van der Waals surface area (Å²) in [6, 6.07) is -5.20. The number of aliphatic carboxylic acids is 1. The van der Waals surface area contributed by atoms with E-state index < -0.39 is 72.5 Å². The van der Waals surface area contributed by atoms with Crippen LogP contribution in [-0.2, 0) is 28.8 Å². The minimum atomic E-state index is -1.59. The maximum absolute atomic E-state index is 12.4. The molecule has 31 heavy (non-hydrogen) atoms. The molecule has 0 saturated heterocycles. The standard InChI is InChI=1S/C17H31N7O7/c1-8(14(27)24-11(17(30)31)7-13(21)26)22-16(29)10(6-12(20)25)23-15(28)9(19)4-2-3-5-18/h8-11H,2-7,18-19H2,1H3,(H2,20,25)(H2,21,26)(H,22,29)(H,23,28)(H,24,27)(H,30,31). The summed E-state index contributed by atoms with van der Waals surface area (Å²) in [6.07, 6.45) is 0.352. The second kappa shape index (κ2) is 13.9. The number of carbonyl (C=O) groups is 6. The van der Waals surface area contributed by atoms with Crippen molar-refractivity contribution in [3.05, 3.63) is 0 Å². The zero-order chi connectivity index (χ0) is 24.1. The minimum Gasteiger partial charge on any atom is -0.480 e. The molecule has 4 atom stereocenters. The van der Waals surface area contributed by atoms with Crippen molar-refractivity contribution in [2.75, 3.05) is 6.54 Å². The highest BCUT2D eigenvalue weighted by molar-refractivity contribution is 5.96. The van der Waals surface area contributed by atoms with Gasteiger partial charge in [-0.1, -0.05) is 6.42 Å². The topological polar surface area (TPSA) is 263 Å². The second-order valence-electron chi connectivity index (χ2n) is 6.92. The van der Waals surface area contributed by atoms with Crippen molar-refractivity contribution >= 4 is 35.5 Å². The van der Waals surface area contributed by atoms with Crippen molar-refractivity contribution in [3.8, 4) is 0 Å². The molecule has 0 aromatic carbocycles. The monoisotopic (exact) mass is 445 g/mol. The van der Waals surface area contributed by atoms with E-state index in [1.54, 1.807) is 0 Å². The number of hydrogen-bond donors (Lipinski definition) is 8. The molecule has 0 fully saturated rings. The zero-order valence-electron chi connectivity index (χ0n) is 17.3. The predicted octanol–water partition coefficient (Wildman–Crippen LogP) is -4.25.